The van der Waals surface area contributed by atoms with Crippen molar-refractivity contribution in [2.24, 2.45) is 0 Å². The summed E-state index contributed by atoms with van der Waals surface area (Å²) in [7, 11) is 0. The summed E-state index contributed by atoms with van der Waals surface area (Å²) in [6, 6.07) is 22.6. The van der Waals surface area contributed by atoms with Crippen molar-refractivity contribution in [1.29, 1.82) is 5.26 Å². The Kier molecular flexibility index (Phi) is 5.97. The fourth-order valence-corrected chi connectivity index (χ4v) is 2.93. The van der Waals surface area contributed by atoms with E-state index in [-0.39, 0.29) is 6.10 Å². The highest BCUT2D eigenvalue weighted by Crippen LogP contribution is 2.15. The van der Waals surface area contributed by atoms with E-state index in [0.29, 0.717) is 19.8 Å². The molecule has 0 aromatic heterocycles. The molecule has 1 aliphatic heterocycles. The Morgan fingerprint density at radius 3 is 2.33 bits per heavy atom. The Bertz CT molecular complexity index is 654. The monoisotopic (exact) mass is 322 g/mol. The Morgan fingerprint density at radius 2 is 1.67 bits per heavy atom. The second-order valence-electron chi connectivity index (χ2n) is 6.06. The average Bonchev–Trinajstić information content (AvgIpc) is 2.63. The van der Waals surface area contributed by atoms with E-state index in [1.54, 1.807) is 0 Å². The van der Waals surface area contributed by atoms with Crippen LogP contribution < -0.4 is 0 Å². The van der Waals surface area contributed by atoms with Gasteiger partial charge in [0.15, 0.2) is 6.10 Å². The summed E-state index contributed by atoms with van der Waals surface area (Å²) in [5, 5.41) is 9.25. The number of hydrogen-bond acceptors (Lipinski definition) is 4. The number of ether oxygens (including phenoxy) is 2. The Hall–Kier alpha value is -2.19. The molecule has 24 heavy (non-hydrogen) atoms. The highest BCUT2D eigenvalue weighted by atomic mass is 16.5. The lowest BCUT2D eigenvalue weighted by atomic mass is 10.1. The summed E-state index contributed by atoms with van der Waals surface area (Å²) < 4.78 is 11.6. The maximum atomic E-state index is 9.25. The zero-order valence-electron chi connectivity index (χ0n) is 13.7. The molecule has 1 fully saturated rings. The first kappa shape index (κ1) is 16.7. The van der Waals surface area contributed by atoms with E-state index < -0.39 is 6.10 Å². The van der Waals surface area contributed by atoms with E-state index in [0.717, 1.165) is 18.7 Å². The van der Waals surface area contributed by atoms with Crippen molar-refractivity contribution in [3.05, 3.63) is 71.8 Å². The molecule has 1 unspecified atom stereocenters. The van der Waals surface area contributed by atoms with Crippen LogP contribution in [0.5, 0.6) is 0 Å². The van der Waals surface area contributed by atoms with Crippen LogP contribution in [0.3, 0.4) is 0 Å². The smallest absolute Gasteiger partial charge is 0.157 e. The Morgan fingerprint density at radius 1 is 1.00 bits per heavy atom. The number of morpholine rings is 1. The topological polar surface area (TPSA) is 45.5 Å². The van der Waals surface area contributed by atoms with Crippen molar-refractivity contribution in [3.8, 4) is 6.07 Å². The van der Waals surface area contributed by atoms with Crippen molar-refractivity contribution < 1.29 is 9.47 Å². The van der Waals surface area contributed by atoms with E-state index in [4.69, 9.17) is 9.47 Å². The third-order valence-electron chi connectivity index (χ3n) is 4.05. The van der Waals surface area contributed by atoms with Gasteiger partial charge in [0.25, 0.3) is 0 Å². The van der Waals surface area contributed by atoms with Crippen LogP contribution in [0.2, 0.25) is 0 Å². The predicted molar refractivity (Wildman–Crippen MR) is 92.1 cm³/mol. The zero-order chi connectivity index (χ0) is 16.6. The molecular formula is C20H22N2O2. The molecule has 4 heteroatoms. The normalized spacial score (nSPS) is 21.3. The predicted octanol–water partition coefficient (Wildman–Crippen LogP) is 3.00. The van der Waals surface area contributed by atoms with Gasteiger partial charge in [-0.15, -0.1) is 0 Å². The van der Waals surface area contributed by atoms with Gasteiger partial charge in [-0.1, -0.05) is 60.7 Å². The van der Waals surface area contributed by atoms with Gasteiger partial charge in [-0.2, -0.15) is 5.26 Å². The molecule has 0 amide bonds. The summed E-state index contributed by atoms with van der Waals surface area (Å²) >= 11 is 0. The number of nitrogens with zero attached hydrogens (tertiary/aromatic N) is 2. The number of benzene rings is 2. The highest BCUT2D eigenvalue weighted by molar-refractivity contribution is 5.15. The first-order valence-electron chi connectivity index (χ1n) is 8.26. The van der Waals surface area contributed by atoms with Gasteiger partial charge < -0.3 is 9.47 Å². The Labute approximate surface area is 143 Å². The quantitative estimate of drug-likeness (QED) is 0.820. The minimum absolute atomic E-state index is 0.0733. The van der Waals surface area contributed by atoms with Gasteiger partial charge in [0.05, 0.1) is 25.4 Å². The van der Waals surface area contributed by atoms with Crippen molar-refractivity contribution >= 4 is 0 Å². The van der Waals surface area contributed by atoms with Crippen molar-refractivity contribution in [3.63, 3.8) is 0 Å². The number of hydrogen-bond donors (Lipinski definition) is 0. The first-order chi connectivity index (χ1) is 11.8. The van der Waals surface area contributed by atoms with Crippen LogP contribution >= 0.6 is 0 Å². The molecule has 2 atom stereocenters. The van der Waals surface area contributed by atoms with E-state index >= 15 is 0 Å². The van der Waals surface area contributed by atoms with Crippen LogP contribution in [0.4, 0.5) is 0 Å². The van der Waals surface area contributed by atoms with Gasteiger partial charge in [0.1, 0.15) is 0 Å². The largest absolute Gasteiger partial charge is 0.374 e. The number of rotatable bonds is 6. The van der Waals surface area contributed by atoms with E-state index in [1.807, 2.05) is 48.5 Å². The molecule has 1 saturated heterocycles. The van der Waals surface area contributed by atoms with Gasteiger partial charge in [-0.05, 0) is 11.1 Å². The SMILES string of the molecule is N#CC1CN(Cc2ccccc2)C[C@@H](COCc2ccccc2)O1. The Balaban J connectivity index is 1.52. The molecule has 2 aromatic rings. The molecule has 124 valence electrons. The minimum Gasteiger partial charge on any atom is -0.374 e. The molecule has 0 radical (unpaired) electrons. The van der Waals surface area contributed by atoms with Crippen molar-refractivity contribution in [2.45, 2.75) is 25.4 Å². The summed E-state index contributed by atoms with van der Waals surface area (Å²) in [4.78, 5) is 2.27. The molecule has 4 nitrogen and oxygen atoms in total. The zero-order valence-corrected chi connectivity index (χ0v) is 13.7. The number of nitriles is 1. The summed E-state index contributed by atoms with van der Waals surface area (Å²) in [5.41, 5.74) is 2.39. The molecular weight excluding hydrogens is 300 g/mol. The summed E-state index contributed by atoms with van der Waals surface area (Å²) in [5.74, 6) is 0. The second-order valence-corrected chi connectivity index (χ2v) is 6.06. The first-order valence-corrected chi connectivity index (χ1v) is 8.26. The van der Waals surface area contributed by atoms with Gasteiger partial charge in [-0.3, -0.25) is 4.90 Å². The molecule has 1 heterocycles. The summed E-state index contributed by atoms with van der Waals surface area (Å²) in [6.45, 7) is 3.31. The third kappa shape index (κ3) is 4.90. The van der Waals surface area contributed by atoms with E-state index in [9.17, 15) is 5.26 Å². The molecule has 0 bridgehead atoms. The lowest BCUT2D eigenvalue weighted by Crippen LogP contribution is -2.48. The average molecular weight is 322 g/mol. The summed E-state index contributed by atoms with van der Waals surface area (Å²) in [6.07, 6.45) is -0.469. The lowest BCUT2D eigenvalue weighted by Gasteiger charge is -2.35. The second kappa shape index (κ2) is 8.60. The van der Waals surface area contributed by atoms with Crippen LogP contribution in [0.25, 0.3) is 0 Å². The molecule has 0 spiro atoms. The lowest BCUT2D eigenvalue weighted by molar-refractivity contribution is -0.0982. The molecule has 0 aliphatic carbocycles. The fourth-order valence-electron chi connectivity index (χ4n) is 2.93. The van der Waals surface area contributed by atoms with E-state index in [2.05, 4.69) is 23.1 Å². The van der Waals surface area contributed by atoms with Crippen LogP contribution in [0, 0.1) is 11.3 Å². The highest BCUT2D eigenvalue weighted by Gasteiger charge is 2.27. The van der Waals surface area contributed by atoms with Crippen LogP contribution in [0.1, 0.15) is 11.1 Å². The molecule has 0 saturated carbocycles. The van der Waals surface area contributed by atoms with Crippen molar-refractivity contribution in [1.82, 2.24) is 4.90 Å². The molecule has 3 rings (SSSR count). The van der Waals surface area contributed by atoms with Gasteiger partial charge in [-0.25, -0.2) is 0 Å². The molecule has 2 aromatic carbocycles. The van der Waals surface area contributed by atoms with Crippen LogP contribution in [0.15, 0.2) is 60.7 Å². The fraction of sp³-hybridized carbons (Fsp3) is 0.350. The van der Waals surface area contributed by atoms with Crippen LogP contribution in [-0.2, 0) is 22.6 Å². The van der Waals surface area contributed by atoms with Crippen molar-refractivity contribution in [2.75, 3.05) is 19.7 Å². The van der Waals surface area contributed by atoms with E-state index in [1.165, 1.54) is 5.56 Å². The minimum atomic E-state index is -0.396. The third-order valence-corrected chi connectivity index (χ3v) is 4.05. The molecule has 1 aliphatic rings. The molecule has 0 N–H and O–H groups in total. The van der Waals surface area contributed by atoms with Gasteiger partial charge in [0.2, 0.25) is 0 Å². The van der Waals surface area contributed by atoms with Gasteiger partial charge in [0, 0.05) is 19.6 Å². The maximum absolute atomic E-state index is 9.25. The van der Waals surface area contributed by atoms with Crippen LogP contribution in [-0.4, -0.2) is 36.8 Å². The standard InChI is InChI=1S/C20H22N2O2/c21-11-19-13-22(12-17-7-3-1-4-8-17)14-20(24-19)16-23-15-18-9-5-2-6-10-18/h1-10,19-20H,12-16H2/t19?,20-/m0/s1. The van der Waals surface area contributed by atoms with Gasteiger partial charge >= 0.3 is 0 Å². The maximum Gasteiger partial charge on any atom is 0.157 e.